The fraction of sp³-hybridized carbons (Fsp3) is 0.462. The number of tetrazole rings is 1. The lowest BCUT2D eigenvalue weighted by Gasteiger charge is -2.41. The fourth-order valence-electron chi connectivity index (χ4n) is 2.41. The summed E-state index contributed by atoms with van der Waals surface area (Å²) < 4.78 is 10.9. The molecule has 22 heavy (non-hydrogen) atoms. The van der Waals surface area contributed by atoms with Crippen LogP contribution in [0.3, 0.4) is 0 Å². The van der Waals surface area contributed by atoms with Gasteiger partial charge in [-0.05, 0) is 31.7 Å². The first kappa shape index (κ1) is 14.4. The molecular formula is C13H15N5O4. The zero-order valence-corrected chi connectivity index (χ0v) is 12.2. The SMILES string of the molecule is CCn1nnc(C23OC(=O)/C=C\C(=O)OC2=CCCN3C)n1. The summed E-state index contributed by atoms with van der Waals surface area (Å²) in [5, 5.41) is 12.1. The van der Waals surface area contributed by atoms with Crippen molar-refractivity contribution in [2.24, 2.45) is 0 Å². The Bertz CT molecular complexity index is 680. The molecule has 9 heteroatoms. The van der Waals surface area contributed by atoms with Gasteiger partial charge in [0.25, 0.3) is 5.72 Å². The molecule has 0 N–H and O–H groups in total. The third-order valence-electron chi connectivity index (χ3n) is 3.52. The lowest BCUT2D eigenvalue weighted by molar-refractivity contribution is -0.188. The van der Waals surface area contributed by atoms with E-state index in [1.807, 2.05) is 6.92 Å². The van der Waals surface area contributed by atoms with Gasteiger partial charge in [0.15, 0.2) is 5.76 Å². The highest BCUT2D eigenvalue weighted by atomic mass is 16.6. The van der Waals surface area contributed by atoms with Gasteiger partial charge in [-0.3, -0.25) is 4.90 Å². The van der Waals surface area contributed by atoms with Gasteiger partial charge in [-0.15, -0.1) is 10.2 Å². The third-order valence-corrected chi connectivity index (χ3v) is 3.52. The Morgan fingerprint density at radius 3 is 2.82 bits per heavy atom. The second-order valence-corrected chi connectivity index (χ2v) is 4.90. The predicted octanol–water partition coefficient (Wildman–Crippen LogP) is -0.279. The van der Waals surface area contributed by atoms with Crippen LogP contribution in [0, 0.1) is 0 Å². The Balaban J connectivity index is 2.16. The molecule has 3 rings (SSSR count). The third kappa shape index (κ3) is 2.19. The van der Waals surface area contributed by atoms with Gasteiger partial charge in [-0.25, -0.2) is 9.59 Å². The van der Waals surface area contributed by atoms with Gasteiger partial charge in [-0.1, -0.05) is 0 Å². The van der Waals surface area contributed by atoms with Crippen molar-refractivity contribution >= 4 is 11.9 Å². The molecule has 0 amide bonds. The lowest BCUT2D eigenvalue weighted by Crippen LogP contribution is -2.53. The van der Waals surface area contributed by atoms with E-state index in [2.05, 4.69) is 15.4 Å². The van der Waals surface area contributed by atoms with Gasteiger partial charge in [0, 0.05) is 18.7 Å². The molecule has 2 aliphatic heterocycles. The summed E-state index contributed by atoms with van der Waals surface area (Å²) in [6.07, 6.45) is 4.40. The maximum atomic E-state index is 12.0. The summed E-state index contributed by atoms with van der Waals surface area (Å²) in [5.41, 5.74) is -1.48. The first-order valence-corrected chi connectivity index (χ1v) is 6.89. The minimum Gasteiger partial charge on any atom is -0.425 e. The monoisotopic (exact) mass is 305 g/mol. The average molecular weight is 305 g/mol. The van der Waals surface area contributed by atoms with Crippen LogP contribution in [0.1, 0.15) is 19.2 Å². The van der Waals surface area contributed by atoms with Gasteiger partial charge in [0.1, 0.15) is 0 Å². The molecule has 1 atom stereocenters. The number of carbonyl (C=O) groups is 2. The van der Waals surface area contributed by atoms with Crippen LogP contribution in [-0.2, 0) is 31.3 Å². The summed E-state index contributed by atoms with van der Waals surface area (Å²) >= 11 is 0. The molecule has 3 heterocycles. The molecule has 1 unspecified atom stereocenters. The Morgan fingerprint density at radius 1 is 1.32 bits per heavy atom. The minimum atomic E-state index is -1.48. The smallest absolute Gasteiger partial charge is 0.336 e. The van der Waals surface area contributed by atoms with Gasteiger partial charge in [0.2, 0.25) is 5.82 Å². The summed E-state index contributed by atoms with van der Waals surface area (Å²) in [5.74, 6) is -0.992. The highest BCUT2D eigenvalue weighted by Gasteiger charge is 2.52. The van der Waals surface area contributed by atoms with E-state index >= 15 is 0 Å². The van der Waals surface area contributed by atoms with Crippen LogP contribution in [0.4, 0.5) is 0 Å². The van der Waals surface area contributed by atoms with E-state index in [1.54, 1.807) is 18.0 Å². The first-order chi connectivity index (χ1) is 10.6. The number of hydrogen-bond acceptors (Lipinski definition) is 8. The number of likely N-dealkylation sites (N-methyl/N-ethyl adjacent to an activating group) is 1. The number of rotatable bonds is 2. The van der Waals surface area contributed by atoms with E-state index in [-0.39, 0.29) is 11.6 Å². The van der Waals surface area contributed by atoms with Gasteiger partial charge >= 0.3 is 11.9 Å². The molecule has 0 aliphatic carbocycles. The molecule has 0 aromatic carbocycles. The summed E-state index contributed by atoms with van der Waals surface area (Å²) in [7, 11) is 1.74. The molecule has 2 aliphatic rings. The average Bonchev–Trinajstić information content (AvgIpc) is 2.96. The van der Waals surface area contributed by atoms with Crippen molar-refractivity contribution in [3.05, 3.63) is 29.8 Å². The number of esters is 2. The van der Waals surface area contributed by atoms with Crippen molar-refractivity contribution in [2.75, 3.05) is 13.6 Å². The second kappa shape index (κ2) is 5.34. The van der Waals surface area contributed by atoms with Crippen LogP contribution < -0.4 is 0 Å². The zero-order valence-electron chi connectivity index (χ0n) is 12.2. The topological polar surface area (TPSA) is 99.4 Å². The van der Waals surface area contributed by atoms with Crippen molar-refractivity contribution in [2.45, 2.75) is 25.6 Å². The number of nitrogens with zero attached hydrogens (tertiary/aromatic N) is 5. The molecule has 0 spiro atoms. The summed E-state index contributed by atoms with van der Waals surface area (Å²) in [4.78, 5) is 26.8. The van der Waals surface area contributed by atoms with E-state index in [4.69, 9.17) is 9.47 Å². The van der Waals surface area contributed by atoms with Crippen molar-refractivity contribution in [3.63, 3.8) is 0 Å². The fourth-order valence-corrected chi connectivity index (χ4v) is 2.41. The van der Waals surface area contributed by atoms with Crippen LogP contribution in [-0.4, -0.2) is 50.6 Å². The van der Waals surface area contributed by atoms with Crippen LogP contribution in [0.2, 0.25) is 0 Å². The van der Waals surface area contributed by atoms with E-state index < -0.39 is 17.7 Å². The molecule has 0 saturated heterocycles. The number of aromatic nitrogens is 4. The Labute approximate surface area is 126 Å². The normalized spacial score (nSPS) is 27.1. The van der Waals surface area contributed by atoms with Crippen LogP contribution in [0.25, 0.3) is 0 Å². The van der Waals surface area contributed by atoms with E-state index in [0.717, 1.165) is 12.2 Å². The molecule has 0 bridgehead atoms. The zero-order chi connectivity index (χ0) is 15.7. The summed E-state index contributed by atoms with van der Waals surface area (Å²) in [6, 6.07) is 0. The van der Waals surface area contributed by atoms with Crippen molar-refractivity contribution in [1.29, 1.82) is 0 Å². The number of fused-ring (bicyclic) bond motifs is 1. The maximum Gasteiger partial charge on any atom is 0.336 e. The van der Waals surface area contributed by atoms with Crippen molar-refractivity contribution in [1.82, 2.24) is 25.1 Å². The van der Waals surface area contributed by atoms with E-state index in [9.17, 15) is 9.59 Å². The Hall–Kier alpha value is -2.55. The molecule has 0 radical (unpaired) electrons. The van der Waals surface area contributed by atoms with Gasteiger partial charge < -0.3 is 9.47 Å². The Morgan fingerprint density at radius 2 is 2.09 bits per heavy atom. The molecule has 9 nitrogen and oxygen atoms in total. The van der Waals surface area contributed by atoms with Crippen LogP contribution in [0.5, 0.6) is 0 Å². The molecule has 1 aromatic rings. The quantitative estimate of drug-likeness (QED) is 0.688. The molecular weight excluding hydrogens is 290 g/mol. The maximum absolute atomic E-state index is 12.0. The predicted molar refractivity (Wildman–Crippen MR) is 71.8 cm³/mol. The van der Waals surface area contributed by atoms with Crippen molar-refractivity contribution < 1.29 is 19.1 Å². The molecule has 0 saturated carbocycles. The minimum absolute atomic E-state index is 0.152. The van der Waals surface area contributed by atoms with E-state index in [1.165, 1.54) is 4.80 Å². The summed E-state index contributed by atoms with van der Waals surface area (Å²) in [6.45, 7) is 2.95. The number of hydrogen-bond donors (Lipinski definition) is 0. The largest absolute Gasteiger partial charge is 0.425 e. The van der Waals surface area contributed by atoms with E-state index in [0.29, 0.717) is 19.5 Å². The second-order valence-electron chi connectivity index (χ2n) is 4.90. The van der Waals surface area contributed by atoms with Gasteiger partial charge in [0.05, 0.1) is 6.54 Å². The number of aryl methyl sites for hydroxylation is 1. The van der Waals surface area contributed by atoms with Crippen molar-refractivity contribution in [3.8, 4) is 0 Å². The first-order valence-electron chi connectivity index (χ1n) is 6.89. The van der Waals surface area contributed by atoms with Crippen LogP contribution >= 0.6 is 0 Å². The molecule has 0 fully saturated rings. The standard InChI is InChI=1S/C13H15N5O4/c1-3-18-15-12(14-16-18)13-9(5-4-8-17(13)2)21-10(19)6-7-11(20)22-13/h5-7H,3-4,8H2,1-2H3/b7-6-. The Kier molecular flexibility index (Phi) is 3.49. The number of ether oxygens (including phenoxy) is 2. The van der Waals surface area contributed by atoms with Gasteiger partial charge in [-0.2, -0.15) is 4.80 Å². The molecule has 116 valence electrons. The highest BCUT2D eigenvalue weighted by Crippen LogP contribution is 2.39. The molecule has 1 aromatic heterocycles. The highest BCUT2D eigenvalue weighted by molar-refractivity contribution is 5.93. The number of carbonyl (C=O) groups excluding carboxylic acids is 2. The van der Waals surface area contributed by atoms with Crippen LogP contribution in [0.15, 0.2) is 24.0 Å². The lowest BCUT2D eigenvalue weighted by atomic mass is 10.0.